The van der Waals surface area contributed by atoms with Crippen LogP contribution >= 0.6 is 0 Å². The summed E-state index contributed by atoms with van der Waals surface area (Å²) in [7, 11) is 1.65. The molecule has 0 bridgehead atoms. The van der Waals surface area contributed by atoms with Gasteiger partial charge < -0.3 is 15.2 Å². The minimum atomic E-state index is -1.09. The third-order valence-corrected chi connectivity index (χ3v) is 3.59. The molecule has 0 aliphatic carbocycles. The molecule has 0 aliphatic rings. The SMILES string of the molecule is COc1ccccc1CNc1ccc2cc(NC(=O)O)ccc2n1. The first-order chi connectivity index (χ1) is 11.7. The van der Waals surface area contributed by atoms with Crippen molar-refractivity contribution in [2.45, 2.75) is 6.54 Å². The van der Waals surface area contributed by atoms with Crippen molar-refractivity contribution in [3.8, 4) is 5.75 Å². The molecule has 24 heavy (non-hydrogen) atoms. The van der Waals surface area contributed by atoms with Gasteiger partial charge in [-0.2, -0.15) is 0 Å². The molecule has 0 saturated heterocycles. The Morgan fingerprint density at radius 1 is 1.17 bits per heavy atom. The van der Waals surface area contributed by atoms with Gasteiger partial charge in [-0.3, -0.25) is 5.32 Å². The molecule has 0 aliphatic heterocycles. The number of rotatable bonds is 5. The van der Waals surface area contributed by atoms with Gasteiger partial charge in [0, 0.05) is 23.2 Å². The average molecular weight is 323 g/mol. The average Bonchev–Trinajstić information content (AvgIpc) is 2.59. The zero-order chi connectivity index (χ0) is 16.9. The zero-order valence-corrected chi connectivity index (χ0v) is 13.1. The number of ether oxygens (including phenoxy) is 1. The molecule has 0 unspecified atom stereocenters. The third-order valence-electron chi connectivity index (χ3n) is 3.59. The van der Waals surface area contributed by atoms with Crippen LogP contribution < -0.4 is 15.4 Å². The molecule has 3 rings (SSSR count). The maximum Gasteiger partial charge on any atom is 0.409 e. The minimum absolute atomic E-state index is 0.520. The van der Waals surface area contributed by atoms with Crippen LogP contribution in [0.2, 0.25) is 0 Å². The Kier molecular flexibility index (Phi) is 4.47. The Morgan fingerprint density at radius 2 is 2.00 bits per heavy atom. The van der Waals surface area contributed by atoms with Crippen LogP contribution in [0.5, 0.6) is 5.75 Å². The van der Waals surface area contributed by atoms with E-state index in [9.17, 15) is 4.79 Å². The number of hydrogen-bond acceptors (Lipinski definition) is 4. The molecule has 1 heterocycles. The van der Waals surface area contributed by atoms with E-state index in [-0.39, 0.29) is 0 Å². The van der Waals surface area contributed by atoms with Crippen LogP contribution in [0.15, 0.2) is 54.6 Å². The van der Waals surface area contributed by atoms with Crippen molar-refractivity contribution in [3.05, 3.63) is 60.2 Å². The molecule has 3 aromatic rings. The molecule has 0 atom stereocenters. The normalized spacial score (nSPS) is 10.4. The summed E-state index contributed by atoms with van der Waals surface area (Å²) in [6.07, 6.45) is -1.09. The summed E-state index contributed by atoms with van der Waals surface area (Å²) in [5.41, 5.74) is 2.35. The van der Waals surface area contributed by atoms with Crippen LogP contribution in [-0.2, 0) is 6.54 Å². The van der Waals surface area contributed by atoms with Gasteiger partial charge in [-0.05, 0) is 36.4 Å². The number of para-hydroxylation sites is 1. The number of anilines is 2. The van der Waals surface area contributed by atoms with E-state index in [0.29, 0.717) is 12.2 Å². The lowest BCUT2D eigenvalue weighted by Gasteiger charge is -2.10. The Morgan fingerprint density at radius 3 is 2.79 bits per heavy atom. The predicted octanol–water partition coefficient (Wildman–Crippen LogP) is 3.95. The molecule has 6 nitrogen and oxygen atoms in total. The fraction of sp³-hybridized carbons (Fsp3) is 0.111. The summed E-state index contributed by atoms with van der Waals surface area (Å²) >= 11 is 0. The molecule has 0 saturated carbocycles. The lowest BCUT2D eigenvalue weighted by Crippen LogP contribution is -2.07. The van der Waals surface area contributed by atoms with Gasteiger partial charge in [-0.15, -0.1) is 0 Å². The number of carboxylic acid groups (broad SMARTS) is 1. The number of benzene rings is 2. The van der Waals surface area contributed by atoms with Crippen molar-refractivity contribution in [1.29, 1.82) is 0 Å². The van der Waals surface area contributed by atoms with Crippen LogP contribution in [0, 0.1) is 0 Å². The van der Waals surface area contributed by atoms with E-state index in [1.807, 2.05) is 36.4 Å². The predicted molar refractivity (Wildman–Crippen MR) is 93.7 cm³/mol. The summed E-state index contributed by atoms with van der Waals surface area (Å²) in [6, 6.07) is 16.8. The molecule has 1 amide bonds. The first-order valence-electron chi connectivity index (χ1n) is 7.42. The summed E-state index contributed by atoms with van der Waals surface area (Å²) in [5.74, 6) is 1.57. The maximum absolute atomic E-state index is 10.7. The van der Waals surface area contributed by atoms with Crippen molar-refractivity contribution in [2.24, 2.45) is 0 Å². The second-order valence-corrected chi connectivity index (χ2v) is 5.20. The quantitative estimate of drug-likeness (QED) is 0.662. The second-order valence-electron chi connectivity index (χ2n) is 5.20. The largest absolute Gasteiger partial charge is 0.496 e. The number of fused-ring (bicyclic) bond motifs is 1. The molecule has 122 valence electrons. The monoisotopic (exact) mass is 323 g/mol. The lowest BCUT2D eigenvalue weighted by molar-refractivity contribution is 0.210. The molecule has 3 N–H and O–H groups in total. The molecule has 1 aromatic heterocycles. The number of pyridine rings is 1. The van der Waals surface area contributed by atoms with Gasteiger partial charge >= 0.3 is 6.09 Å². The van der Waals surface area contributed by atoms with E-state index in [4.69, 9.17) is 9.84 Å². The van der Waals surface area contributed by atoms with Crippen LogP contribution in [0.1, 0.15) is 5.56 Å². The summed E-state index contributed by atoms with van der Waals surface area (Å²) < 4.78 is 5.33. The molecule has 0 fully saturated rings. The molecule has 2 aromatic carbocycles. The summed E-state index contributed by atoms with van der Waals surface area (Å²) in [6.45, 7) is 0.598. The van der Waals surface area contributed by atoms with Crippen molar-refractivity contribution >= 4 is 28.5 Å². The number of hydrogen-bond donors (Lipinski definition) is 3. The number of methoxy groups -OCH3 is 1. The van der Waals surface area contributed by atoms with Crippen molar-refractivity contribution in [3.63, 3.8) is 0 Å². The smallest absolute Gasteiger partial charge is 0.409 e. The number of aromatic nitrogens is 1. The van der Waals surface area contributed by atoms with Crippen LogP contribution in [0.4, 0.5) is 16.3 Å². The maximum atomic E-state index is 10.7. The first kappa shape index (κ1) is 15.6. The van der Waals surface area contributed by atoms with E-state index in [1.54, 1.807) is 25.3 Å². The van der Waals surface area contributed by atoms with E-state index in [2.05, 4.69) is 15.6 Å². The highest BCUT2D eigenvalue weighted by Gasteiger charge is 2.04. The van der Waals surface area contributed by atoms with Crippen molar-refractivity contribution in [1.82, 2.24) is 4.98 Å². The highest BCUT2D eigenvalue weighted by molar-refractivity contribution is 5.89. The van der Waals surface area contributed by atoms with Gasteiger partial charge in [-0.1, -0.05) is 18.2 Å². The molecular formula is C18H17N3O3. The van der Waals surface area contributed by atoms with Gasteiger partial charge in [-0.25, -0.2) is 9.78 Å². The Balaban J connectivity index is 1.77. The minimum Gasteiger partial charge on any atom is -0.496 e. The van der Waals surface area contributed by atoms with Gasteiger partial charge in [0.2, 0.25) is 0 Å². The molecule has 0 radical (unpaired) electrons. The third kappa shape index (κ3) is 3.55. The van der Waals surface area contributed by atoms with Gasteiger partial charge in [0.25, 0.3) is 0 Å². The van der Waals surface area contributed by atoms with Gasteiger partial charge in [0.15, 0.2) is 0 Å². The summed E-state index contributed by atoms with van der Waals surface area (Å²) in [5, 5.41) is 15.2. The van der Waals surface area contributed by atoms with E-state index >= 15 is 0 Å². The van der Waals surface area contributed by atoms with Crippen molar-refractivity contribution in [2.75, 3.05) is 17.7 Å². The molecule has 0 spiro atoms. The van der Waals surface area contributed by atoms with Crippen molar-refractivity contribution < 1.29 is 14.6 Å². The van der Waals surface area contributed by atoms with E-state index in [0.717, 1.165) is 28.0 Å². The number of nitrogens with one attached hydrogen (secondary N) is 2. The Labute approximate surface area is 139 Å². The van der Waals surface area contributed by atoms with Crippen LogP contribution in [0.3, 0.4) is 0 Å². The number of carbonyl (C=O) groups is 1. The standard InChI is InChI=1S/C18H17N3O3/c1-24-16-5-3-2-4-13(16)11-19-17-9-6-12-10-14(20-18(22)23)7-8-15(12)21-17/h2-10,20H,11H2,1H3,(H,19,21)(H,22,23). The number of amides is 1. The highest BCUT2D eigenvalue weighted by Crippen LogP contribution is 2.22. The van der Waals surface area contributed by atoms with Gasteiger partial charge in [0.1, 0.15) is 11.6 Å². The van der Waals surface area contributed by atoms with Crippen LogP contribution in [0.25, 0.3) is 10.9 Å². The lowest BCUT2D eigenvalue weighted by atomic mass is 10.2. The summed E-state index contributed by atoms with van der Waals surface area (Å²) in [4.78, 5) is 15.2. The second kappa shape index (κ2) is 6.87. The van der Waals surface area contributed by atoms with E-state index in [1.165, 1.54) is 0 Å². The first-order valence-corrected chi connectivity index (χ1v) is 7.42. The van der Waals surface area contributed by atoms with Crippen LogP contribution in [-0.4, -0.2) is 23.3 Å². The number of nitrogens with zero attached hydrogens (tertiary/aromatic N) is 1. The van der Waals surface area contributed by atoms with E-state index < -0.39 is 6.09 Å². The fourth-order valence-corrected chi connectivity index (χ4v) is 2.46. The fourth-order valence-electron chi connectivity index (χ4n) is 2.46. The van der Waals surface area contributed by atoms with Gasteiger partial charge in [0.05, 0.1) is 12.6 Å². The topological polar surface area (TPSA) is 83.5 Å². The Bertz CT molecular complexity index is 880. The zero-order valence-electron chi connectivity index (χ0n) is 13.1. The molecule has 6 heteroatoms. The highest BCUT2D eigenvalue weighted by atomic mass is 16.5. The Hall–Kier alpha value is -3.28. The molecular weight excluding hydrogens is 306 g/mol.